The summed E-state index contributed by atoms with van der Waals surface area (Å²) < 4.78 is 5.17. The first-order valence-electron chi connectivity index (χ1n) is 7.78. The summed E-state index contributed by atoms with van der Waals surface area (Å²) in [6, 6.07) is 1.37. The molecule has 0 amide bonds. The van der Waals surface area contributed by atoms with E-state index >= 15 is 0 Å². The Bertz CT molecular complexity index is 872. The number of aromatic amines is 2. The molecule has 0 aliphatic heterocycles. The molecule has 0 radical (unpaired) electrons. The Morgan fingerprint density at radius 1 is 1.08 bits per heavy atom. The lowest BCUT2D eigenvalue weighted by Gasteiger charge is -2.11. The number of ketones is 3. The van der Waals surface area contributed by atoms with E-state index in [1.165, 1.54) is 33.0 Å². The predicted molar refractivity (Wildman–Crippen MR) is 90.3 cm³/mol. The fraction of sp³-hybridized carbons (Fsp3) is 0.333. The van der Waals surface area contributed by atoms with Gasteiger partial charge >= 0.3 is 5.97 Å². The molecule has 0 saturated heterocycles. The number of hydrogen-bond donors (Lipinski definition) is 2. The van der Waals surface area contributed by atoms with Crippen molar-refractivity contribution in [1.29, 1.82) is 0 Å². The summed E-state index contributed by atoms with van der Waals surface area (Å²) in [5, 5.41) is 0. The monoisotopic (exact) mass is 344 g/mol. The van der Waals surface area contributed by atoms with Crippen molar-refractivity contribution in [2.24, 2.45) is 0 Å². The van der Waals surface area contributed by atoms with E-state index < -0.39 is 17.9 Å². The molecule has 25 heavy (non-hydrogen) atoms. The topological polar surface area (TPSA) is 109 Å². The van der Waals surface area contributed by atoms with E-state index in [2.05, 4.69) is 9.97 Å². The van der Waals surface area contributed by atoms with Crippen molar-refractivity contribution in [2.45, 2.75) is 40.7 Å². The van der Waals surface area contributed by atoms with Crippen LogP contribution < -0.4 is 0 Å². The molecule has 2 aromatic heterocycles. The molecule has 0 fully saturated rings. The van der Waals surface area contributed by atoms with E-state index in [1.807, 2.05) is 0 Å². The number of aromatic nitrogens is 2. The second kappa shape index (κ2) is 6.88. The number of carbonyl (C=O) groups is 4. The summed E-state index contributed by atoms with van der Waals surface area (Å²) in [5.74, 6) is -1.49. The molecule has 2 aromatic rings. The molecule has 0 aromatic carbocycles. The Hall–Kier alpha value is -2.96. The van der Waals surface area contributed by atoms with E-state index in [-0.39, 0.29) is 23.0 Å². The van der Waals surface area contributed by atoms with Gasteiger partial charge in [0, 0.05) is 23.0 Å². The molecule has 0 saturated carbocycles. The van der Waals surface area contributed by atoms with Crippen LogP contribution in [0.3, 0.4) is 0 Å². The highest BCUT2D eigenvalue weighted by atomic mass is 16.5. The standard InChI is InChI=1S/C18H20N2O5/c1-8-15(11(4)22)9(2)20-16(8)17(23)12(5)25-18(24)14-6-13(7-19-14)10(3)21/h6-7,12,19-20H,1-5H3. The molecule has 0 spiro atoms. The van der Waals surface area contributed by atoms with Gasteiger partial charge < -0.3 is 14.7 Å². The van der Waals surface area contributed by atoms with Gasteiger partial charge in [0.1, 0.15) is 5.69 Å². The highest BCUT2D eigenvalue weighted by molar-refractivity contribution is 6.05. The third-order valence-electron chi connectivity index (χ3n) is 4.00. The van der Waals surface area contributed by atoms with Crippen LogP contribution in [0.15, 0.2) is 12.3 Å². The fourth-order valence-electron chi connectivity index (χ4n) is 2.72. The van der Waals surface area contributed by atoms with Crippen LogP contribution in [0.1, 0.15) is 73.7 Å². The van der Waals surface area contributed by atoms with Crippen LogP contribution in [0.5, 0.6) is 0 Å². The first-order valence-corrected chi connectivity index (χ1v) is 7.78. The summed E-state index contributed by atoms with van der Waals surface area (Å²) >= 11 is 0. The van der Waals surface area contributed by atoms with Crippen LogP contribution in [0.4, 0.5) is 0 Å². The van der Waals surface area contributed by atoms with Gasteiger partial charge in [0.05, 0.1) is 5.69 Å². The number of rotatable bonds is 6. The minimum atomic E-state index is -1.05. The lowest BCUT2D eigenvalue weighted by Crippen LogP contribution is -2.25. The average molecular weight is 344 g/mol. The lowest BCUT2D eigenvalue weighted by atomic mass is 10.0. The van der Waals surface area contributed by atoms with Crippen LogP contribution in [0.25, 0.3) is 0 Å². The Morgan fingerprint density at radius 3 is 2.20 bits per heavy atom. The number of hydrogen-bond acceptors (Lipinski definition) is 5. The van der Waals surface area contributed by atoms with Crippen molar-refractivity contribution in [2.75, 3.05) is 0 Å². The highest BCUT2D eigenvalue weighted by Crippen LogP contribution is 2.20. The first-order chi connectivity index (χ1) is 11.6. The van der Waals surface area contributed by atoms with Crippen molar-refractivity contribution < 1.29 is 23.9 Å². The van der Waals surface area contributed by atoms with Crippen LogP contribution in [-0.4, -0.2) is 39.4 Å². The maximum Gasteiger partial charge on any atom is 0.355 e. The molecule has 2 heterocycles. The van der Waals surface area contributed by atoms with E-state index in [0.29, 0.717) is 22.4 Å². The minimum Gasteiger partial charge on any atom is -0.450 e. The number of H-pyrrole nitrogens is 2. The minimum absolute atomic E-state index is 0.0914. The number of nitrogens with one attached hydrogen (secondary N) is 2. The van der Waals surface area contributed by atoms with Gasteiger partial charge in [-0.3, -0.25) is 14.4 Å². The van der Waals surface area contributed by atoms with Crippen molar-refractivity contribution in [3.05, 3.63) is 46.0 Å². The normalized spacial score (nSPS) is 11.9. The fourth-order valence-corrected chi connectivity index (χ4v) is 2.72. The van der Waals surface area contributed by atoms with Gasteiger partial charge in [-0.1, -0.05) is 0 Å². The molecule has 0 aliphatic rings. The third-order valence-corrected chi connectivity index (χ3v) is 4.00. The third kappa shape index (κ3) is 3.60. The van der Waals surface area contributed by atoms with Gasteiger partial charge in [-0.2, -0.15) is 0 Å². The first kappa shape index (κ1) is 18.4. The molecule has 1 atom stereocenters. The van der Waals surface area contributed by atoms with Crippen LogP contribution in [-0.2, 0) is 4.74 Å². The summed E-state index contributed by atoms with van der Waals surface area (Å²) in [6.07, 6.45) is 0.358. The summed E-state index contributed by atoms with van der Waals surface area (Å²) in [6.45, 7) is 7.65. The zero-order valence-electron chi connectivity index (χ0n) is 14.8. The molecule has 7 heteroatoms. The molecule has 2 N–H and O–H groups in total. The molecule has 7 nitrogen and oxygen atoms in total. The van der Waals surface area contributed by atoms with Crippen molar-refractivity contribution in [3.8, 4) is 0 Å². The number of esters is 1. The molecule has 2 rings (SSSR count). The lowest BCUT2D eigenvalue weighted by molar-refractivity contribution is 0.0312. The number of carbonyl (C=O) groups excluding carboxylic acids is 4. The second-order valence-corrected chi connectivity index (χ2v) is 5.95. The van der Waals surface area contributed by atoms with E-state index in [4.69, 9.17) is 4.74 Å². The maximum atomic E-state index is 12.5. The molecule has 0 aliphatic carbocycles. The van der Waals surface area contributed by atoms with E-state index in [0.717, 1.165) is 0 Å². The van der Waals surface area contributed by atoms with Gasteiger partial charge in [-0.25, -0.2) is 4.79 Å². The van der Waals surface area contributed by atoms with Gasteiger partial charge in [-0.15, -0.1) is 0 Å². The van der Waals surface area contributed by atoms with Gasteiger partial charge in [0.15, 0.2) is 17.7 Å². The molecule has 132 valence electrons. The molecule has 1 unspecified atom stereocenters. The zero-order valence-corrected chi connectivity index (χ0v) is 14.8. The summed E-state index contributed by atoms with van der Waals surface area (Å²) in [7, 11) is 0. The molecular weight excluding hydrogens is 324 g/mol. The zero-order chi connectivity index (χ0) is 18.9. The van der Waals surface area contributed by atoms with Crippen LogP contribution in [0.2, 0.25) is 0 Å². The second-order valence-electron chi connectivity index (χ2n) is 5.95. The van der Waals surface area contributed by atoms with Crippen molar-refractivity contribution in [3.63, 3.8) is 0 Å². The van der Waals surface area contributed by atoms with E-state index in [1.54, 1.807) is 13.8 Å². The maximum absolute atomic E-state index is 12.5. The number of Topliss-reactive ketones (excluding diaryl/α,β-unsaturated/α-hetero) is 3. The van der Waals surface area contributed by atoms with Gasteiger partial charge in [-0.05, 0) is 46.2 Å². The highest BCUT2D eigenvalue weighted by Gasteiger charge is 2.26. The average Bonchev–Trinajstić information content (AvgIpc) is 3.11. The van der Waals surface area contributed by atoms with Crippen molar-refractivity contribution in [1.82, 2.24) is 9.97 Å². The Labute approximate surface area is 144 Å². The van der Waals surface area contributed by atoms with Crippen molar-refractivity contribution >= 4 is 23.3 Å². The Kier molecular flexibility index (Phi) is 5.06. The smallest absolute Gasteiger partial charge is 0.355 e. The summed E-state index contributed by atoms with van der Waals surface area (Å²) in [4.78, 5) is 53.1. The molecular formula is C18H20N2O5. The number of aryl methyl sites for hydroxylation is 1. The largest absolute Gasteiger partial charge is 0.450 e. The van der Waals surface area contributed by atoms with Crippen LogP contribution in [0, 0.1) is 13.8 Å². The van der Waals surface area contributed by atoms with Gasteiger partial charge in [0.25, 0.3) is 0 Å². The quantitative estimate of drug-likeness (QED) is 0.618. The Balaban J connectivity index is 2.17. The van der Waals surface area contributed by atoms with E-state index in [9.17, 15) is 19.2 Å². The SMILES string of the molecule is CC(=O)c1c[nH]c(C(=O)OC(C)C(=O)c2[nH]c(C)c(C(C)=O)c2C)c1. The van der Waals surface area contributed by atoms with Gasteiger partial charge in [0.2, 0.25) is 5.78 Å². The molecule has 0 bridgehead atoms. The number of ether oxygens (including phenoxy) is 1. The summed E-state index contributed by atoms with van der Waals surface area (Å²) in [5.41, 5.74) is 2.30. The van der Waals surface area contributed by atoms with Crippen LogP contribution >= 0.6 is 0 Å². The Morgan fingerprint density at radius 2 is 1.72 bits per heavy atom. The predicted octanol–water partition coefficient (Wildman–Crippen LogP) is 2.79.